The number of nitrogens with zero attached hydrogens (tertiary/aromatic N) is 2. The van der Waals surface area contributed by atoms with Crippen molar-refractivity contribution in [2.75, 3.05) is 5.73 Å². The molecule has 0 atom stereocenters. The fourth-order valence-electron chi connectivity index (χ4n) is 1.03. The highest BCUT2D eigenvalue weighted by Crippen LogP contribution is 2.30. The number of nitrogen functional groups attached to an aromatic ring is 1. The zero-order valence-corrected chi connectivity index (χ0v) is 8.68. The first-order valence-electron chi connectivity index (χ1n) is 3.82. The third kappa shape index (κ3) is 1.88. The van der Waals surface area contributed by atoms with E-state index in [1.54, 1.807) is 0 Å². The van der Waals surface area contributed by atoms with Crippen LogP contribution in [0.4, 0.5) is 10.2 Å². The molecule has 0 aromatic carbocycles. The molecular formula is C8H4Cl2FN3O. The summed E-state index contributed by atoms with van der Waals surface area (Å²) in [6, 6.07) is 2.52. The van der Waals surface area contributed by atoms with Gasteiger partial charge in [-0.05, 0) is 6.07 Å². The number of hydrogen-bond acceptors (Lipinski definition) is 4. The van der Waals surface area contributed by atoms with Crippen LogP contribution in [0.25, 0.3) is 11.3 Å². The molecule has 2 heterocycles. The van der Waals surface area contributed by atoms with Crippen LogP contribution in [0.2, 0.25) is 10.3 Å². The molecule has 78 valence electrons. The number of nitrogens with two attached hydrogens (primary N) is 1. The molecule has 0 unspecified atom stereocenters. The second kappa shape index (κ2) is 3.67. The highest BCUT2D eigenvalue weighted by Gasteiger charge is 2.14. The van der Waals surface area contributed by atoms with Crippen molar-refractivity contribution in [3.63, 3.8) is 0 Å². The van der Waals surface area contributed by atoms with E-state index in [-0.39, 0.29) is 27.4 Å². The van der Waals surface area contributed by atoms with Crippen LogP contribution in [-0.4, -0.2) is 10.1 Å². The summed E-state index contributed by atoms with van der Waals surface area (Å²) in [5.74, 6) is -0.275. The van der Waals surface area contributed by atoms with E-state index in [0.717, 1.165) is 6.07 Å². The summed E-state index contributed by atoms with van der Waals surface area (Å²) in [7, 11) is 0. The predicted molar refractivity (Wildman–Crippen MR) is 54.1 cm³/mol. The van der Waals surface area contributed by atoms with Crippen LogP contribution in [0, 0.1) is 5.82 Å². The fraction of sp³-hybridized carbons (Fsp3) is 0. The molecule has 2 aromatic heterocycles. The Morgan fingerprint density at radius 1 is 1.27 bits per heavy atom. The monoisotopic (exact) mass is 247 g/mol. The average Bonchev–Trinajstić information content (AvgIpc) is 2.58. The van der Waals surface area contributed by atoms with Crippen LogP contribution in [0.5, 0.6) is 0 Å². The van der Waals surface area contributed by atoms with Crippen molar-refractivity contribution < 1.29 is 8.91 Å². The number of halogens is 3. The standard InChI is InChI=1S/C8H4Cl2FN3O/c9-7-3(1-4(11)8(10)13-7)5-2-6(12)14-15-5/h1-2H,(H2,12,14). The van der Waals surface area contributed by atoms with Crippen molar-refractivity contribution >= 4 is 29.0 Å². The molecule has 2 rings (SSSR count). The zero-order valence-electron chi connectivity index (χ0n) is 7.17. The largest absolute Gasteiger partial charge is 0.381 e. The molecule has 2 aromatic rings. The van der Waals surface area contributed by atoms with Gasteiger partial charge in [0.2, 0.25) is 0 Å². The maximum atomic E-state index is 13.1. The molecule has 0 radical (unpaired) electrons. The highest BCUT2D eigenvalue weighted by atomic mass is 35.5. The van der Waals surface area contributed by atoms with Crippen LogP contribution >= 0.6 is 23.2 Å². The van der Waals surface area contributed by atoms with E-state index in [9.17, 15) is 4.39 Å². The van der Waals surface area contributed by atoms with Gasteiger partial charge >= 0.3 is 0 Å². The van der Waals surface area contributed by atoms with Crippen molar-refractivity contribution in [1.82, 2.24) is 10.1 Å². The topological polar surface area (TPSA) is 64.9 Å². The van der Waals surface area contributed by atoms with E-state index >= 15 is 0 Å². The number of aromatic nitrogens is 2. The van der Waals surface area contributed by atoms with Crippen molar-refractivity contribution in [3.8, 4) is 11.3 Å². The Hall–Kier alpha value is -1.33. The number of anilines is 1. The van der Waals surface area contributed by atoms with Gasteiger partial charge in [0.25, 0.3) is 0 Å². The Labute approximate surface area is 93.8 Å². The molecule has 4 nitrogen and oxygen atoms in total. The SMILES string of the molecule is Nc1cc(-c2cc(F)c(Cl)nc2Cl)on1. The van der Waals surface area contributed by atoms with E-state index in [2.05, 4.69) is 10.1 Å². The maximum absolute atomic E-state index is 13.1. The minimum Gasteiger partial charge on any atom is -0.381 e. The van der Waals surface area contributed by atoms with Crippen LogP contribution < -0.4 is 5.73 Å². The summed E-state index contributed by atoms with van der Waals surface area (Å²) in [6.07, 6.45) is 0. The van der Waals surface area contributed by atoms with Crippen LogP contribution in [0.15, 0.2) is 16.7 Å². The van der Waals surface area contributed by atoms with E-state index in [0.29, 0.717) is 0 Å². The van der Waals surface area contributed by atoms with Gasteiger partial charge in [-0.3, -0.25) is 0 Å². The smallest absolute Gasteiger partial charge is 0.172 e. The summed E-state index contributed by atoms with van der Waals surface area (Å²) in [6.45, 7) is 0. The molecule has 0 fully saturated rings. The molecule has 0 amide bonds. The lowest BCUT2D eigenvalue weighted by Gasteiger charge is -2.00. The molecule has 0 bridgehead atoms. The number of hydrogen-bond donors (Lipinski definition) is 1. The van der Waals surface area contributed by atoms with Gasteiger partial charge in [0, 0.05) is 6.07 Å². The lowest BCUT2D eigenvalue weighted by Crippen LogP contribution is -1.87. The van der Waals surface area contributed by atoms with Gasteiger partial charge in [-0.15, -0.1) is 0 Å². The summed E-state index contributed by atoms with van der Waals surface area (Å²) in [5.41, 5.74) is 5.60. The summed E-state index contributed by atoms with van der Waals surface area (Å²) >= 11 is 11.2. The Morgan fingerprint density at radius 3 is 2.60 bits per heavy atom. The molecular weight excluding hydrogens is 244 g/mol. The van der Waals surface area contributed by atoms with E-state index < -0.39 is 5.82 Å². The van der Waals surface area contributed by atoms with Gasteiger partial charge in [0.15, 0.2) is 22.5 Å². The van der Waals surface area contributed by atoms with Gasteiger partial charge in [0.05, 0.1) is 5.56 Å². The Balaban J connectivity index is 2.58. The zero-order chi connectivity index (χ0) is 11.0. The first-order valence-corrected chi connectivity index (χ1v) is 4.57. The average molecular weight is 248 g/mol. The molecule has 0 spiro atoms. The predicted octanol–water partition coefficient (Wildman–Crippen LogP) is 2.76. The molecule has 0 saturated heterocycles. The molecule has 0 aliphatic rings. The first kappa shape index (κ1) is 10.2. The lowest BCUT2D eigenvalue weighted by molar-refractivity contribution is 0.435. The highest BCUT2D eigenvalue weighted by molar-refractivity contribution is 6.34. The number of rotatable bonds is 1. The maximum Gasteiger partial charge on any atom is 0.172 e. The minimum absolute atomic E-state index is 0.0255. The van der Waals surface area contributed by atoms with Crippen LogP contribution in [-0.2, 0) is 0 Å². The van der Waals surface area contributed by atoms with Gasteiger partial charge < -0.3 is 10.3 Å². The van der Waals surface area contributed by atoms with Crippen molar-refractivity contribution in [2.45, 2.75) is 0 Å². The van der Waals surface area contributed by atoms with Crippen molar-refractivity contribution in [2.24, 2.45) is 0 Å². The van der Waals surface area contributed by atoms with Crippen LogP contribution in [0.3, 0.4) is 0 Å². The lowest BCUT2D eigenvalue weighted by atomic mass is 10.2. The van der Waals surface area contributed by atoms with E-state index in [1.165, 1.54) is 6.07 Å². The van der Waals surface area contributed by atoms with Crippen molar-refractivity contribution in [3.05, 3.63) is 28.3 Å². The third-order valence-electron chi connectivity index (χ3n) is 1.68. The molecule has 15 heavy (non-hydrogen) atoms. The summed E-state index contributed by atoms with van der Waals surface area (Å²) in [5, 5.41) is 3.18. The minimum atomic E-state index is -0.689. The van der Waals surface area contributed by atoms with Gasteiger partial charge in [0.1, 0.15) is 5.15 Å². The van der Waals surface area contributed by atoms with E-state index in [4.69, 9.17) is 33.5 Å². The Morgan fingerprint density at radius 2 is 2.00 bits per heavy atom. The van der Waals surface area contributed by atoms with E-state index in [1.807, 2.05) is 0 Å². The van der Waals surface area contributed by atoms with Gasteiger partial charge in [-0.2, -0.15) is 0 Å². The van der Waals surface area contributed by atoms with Gasteiger partial charge in [-0.25, -0.2) is 9.37 Å². The molecule has 7 heteroatoms. The summed E-state index contributed by atoms with van der Waals surface area (Å²) < 4.78 is 17.9. The van der Waals surface area contributed by atoms with Gasteiger partial charge in [-0.1, -0.05) is 28.4 Å². The second-order valence-corrected chi connectivity index (χ2v) is 3.43. The Kier molecular flexibility index (Phi) is 2.50. The van der Waals surface area contributed by atoms with Crippen molar-refractivity contribution in [1.29, 1.82) is 0 Å². The summed E-state index contributed by atoms with van der Waals surface area (Å²) in [4.78, 5) is 3.59. The Bertz CT molecular complexity index is 515. The quantitative estimate of drug-likeness (QED) is 0.788. The first-order chi connectivity index (χ1) is 7.08. The third-order valence-corrected chi connectivity index (χ3v) is 2.23. The molecule has 2 N–H and O–H groups in total. The molecule has 0 aliphatic heterocycles. The molecule has 0 saturated carbocycles. The second-order valence-electron chi connectivity index (χ2n) is 2.72. The molecule has 0 aliphatic carbocycles. The van der Waals surface area contributed by atoms with Crippen LogP contribution in [0.1, 0.15) is 0 Å². The fourth-order valence-corrected chi connectivity index (χ4v) is 1.45. The number of pyridine rings is 1. The normalized spacial score (nSPS) is 10.6.